The first-order valence-corrected chi connectivity index (χ1v) is 34.5. The average molecular weight is 858 g/mol. The molecule has 2 nitrogen and oxygen atoms in total. The first-order chi connectivity index (χ1) is 27.3. The molecule has 10 rings (SSSR count). The van der Waals surface area contributed by atoms with Gasteiger partial charge in [0.15, 0.2) is 0 Å². The van der Waals surface area contributed by atoms with E-state index in [-0.39, 0.29) is 7.25 Å². The molecule has 0 bridgehead atoms. The van der Waals surface area contributed by atoms with Crippen molar-refractivity contribution in [3.63, 3.8) is 0 Å². The van der Waals surface area contributed by atoms with E-state index in [0.29, 0.717) is 0 Å². The number of para-hydroxylation sites is 2. The van der Waals surface area contributed by atoms with Crippen LogP contribution < -0.4 is 10.4 Å². The van der Waals surface area contributed by atoms with E-state index in [2.05, 4.69) is 172 Å². The van der Waals surface area contributed by atoms with E-state index in [9.17, 15) is 17.0 Å². The number of pyridine rings is 2. The van der Waals surface area contributed by atoms with Crippen LogP contribution in [0.5, 0.6) is 0 Å². The molecule has 0 aliphatic heterocycles. The SMILES string of the molecule is CC1=Cc2c(-c3cccc4cccnc34)cccc2[CH]1[Zr]([Cl])([Cl])([CH]1C(C)=Cc2c(-c3cccc4cccnc34)cccc21)[SiH](c1ccccc1)c1ccccc1. The molecule has 0 spiro atoms. The van der Waals surface area contributed by atoms with Gasteiger partial charge in [0.25, 0.3) is 0 Å². The van der Waals surface area contributed by atoms with Gasteiger partial charge in [0.1, 0.15) is 0 Å². The van der Waals surface area contributed by atoms with Crippen LogP contribution in [-0.2, 0) is 15.6 Å². The molecule has 8 aromatic rings. The second-order valence-corrected chi connectivity index (χ2v) is 53.6. The first kappa shape index (κ1) is 35.7. The topological polar surface area (TPSA) is 25.8 Å². The van der Waals surface area contributed by atoms with Crippen LogP contribution in [0.25, 0.3) is 56.2 Å². The van der Waals surface area contributed by atoms with Gasteiger partial charge in [-0.3, -0.25) is 0 Å². The summed E-state index contributed by atoms with van der Waals surface area (Å²) in [4.78, 5) is 9.75. The second-order valence-electron chi connectivity index (χ2n) is 15.5. The van der Waals surface area contributed by atoms with Gasteiger partial charge in [0.2, 0.25) is 0 Å². The molecule has 2 unspecified atom stereocenters. The van der Waals surface area contributed by atoms with Gasteiger partial charge in [-0.2, -0.15) is 0 Å². The summed E-state index contributed by atoms with van der Waals surface area (Å²) in [7, 11) is 18.4. The molecule has 2 atom stereocenters. The minimum atomic E-state index is -5.51. The van der Waals surface area contributed by atoms with Crippen LogP contribution in [0.3, 0.4) is 0 Å². The van der Waals surface area contributed by atoms with Gasteiger partial charge in [0, 0.05) is 0 Å². The quantitative estimate of drug-likeness (QED) is 0.149. The Morgan fingerprint density at radius 1 is 0.446 bits per heavy atom. The standard InChI is InChI=1S/2C19H14N.C12H11Si.2ClH.Zr/c2*1-13-11-15-6-3-8-16(18(15)12-13)17-9-2-5-14-7-4-10-20-19(14)17;1-3-7-11(8-4-1)13-12-9-5-2-6-10-12;;;/h2*2-12H,1H3;1-10,13H;2*1H;/q;;;;;+2/p-2. The predicted octanol–water partition coefficient (Wildman–Crippen LogP) is 12.3. The summed E-state index contributed by atoms with van der Waals surface area (Å²) in [5.41, 5.74) is 14.0. The summed E-state index contributed by atoms with van der Waals surface area (Å²) in [5, 5.41) is 4.83. The Bertz CT molecular complexity index is 2700. The van der Waals surface area contributed by atoms with Crippen LogP contribution in [0.1, 0.15) is 43.4 Å². The van der Waals surface area contributed by atoms with Crippen molar-refractivity contribution < 1.29 is 15.6 Å². The summed E-state index contributed by atoms with van der Waals surface area (Å²) < 4.78 is -0.256. The van der Waals surface area contributed by atoms with Crippen LogP contribution in [0.4, 0.5) is 0 Å². The van der Waals surface area contributed by atoms with E-state index >= 15 is 0 Å². The Labute approximate surface area is 337 Å². The Balaban J connectivity index is 1.26. The van der Waals surface area contributed by atoms with Gasteiger partial charge in [-0.05, 0) is 0 Å². The second kappa shape index (κ2) is 13.7. The van der Waals surface area contributed by atoms with Gasteiger partial charge in [-0.15, -0.1) is 0 Å². The Morgan fingerprint density at radius 3 is 1.29 bits per heavy atom. The van der Waals surface area contributed by atoms with Crippen molar-refractivity contribution in [3.05, 3.63) is 204 Å². The summed E-state index contributed by atoms with van der Waals surface area (Å²) in [6.45, 7) is 4.56. The van der Waals surface area contributed by atoms with Crippen molar-refractivity contribution in [2.24, 2.45) is 0 Å². The number of rotatable bonds is 7. The fourth-order valence-electron chi connectivity index (χ4n) is 10.3. The van der Waals surface area contributed by atoms with Crippen molar-refractivity contribution in [1.29, 1.82) is 0 Å². The number of halogens is 2. The number of nitrogens with zero attached hydrogens (tertiary/aromatic N) is 2. The number of allylic oxidation sites excluding steroid dienone is 2. The maximum atomic E-state index is 9.20. The van der Waals surface area contributed by atoms with Gasteiger partial charge in [-0.25, -0.2) is 0 Å². The normalized spacial score (nSPS) is 17.0. The summed E-state index contributed by atoms with van der Waals surface area (Å²) >= 11 is -5.51. The number of hydrogen-bond acceptors (Lipinski definition) is 2. The van der Waals surface area contributed by atoms with Crippen LogP contribution >= 0.6 is 17.0 Å². The average Bonchev–Trinajstić information content (AvgIpc) is 3.78. The summed E-state index contributed by atoms with van der Waals surface area (Å²) in [5.74, 6) is -2.42. The molecular formula is C50H39Cl2N2SiZr. The van der Waals surface area contributed by atoms with E-state index in [4.69, 9.17) is 9.97 Å². The van der Waals surface area contributed by atoms with Crippen molar-refractivity contribution in [2.45, 2.75) is 21.1 Å². The molecule has 2 aromatic heterocycles. The monoisotopic (exact) mass is 855 g/mol. The zero-order chi connectivity index (χ0) is 38.0. The van der Waals surface area contributed by atoms with E-state index in [1.807, 2.05) is 24.5 Å². The fraction of sp³-hybridized carbons (Fsp3) is 0.0800. The van der Waals surface area contributed by atoms with E-state index in [1.54, 1.807) is 0 Å². The minimum absolute atomic E-state index is 0.128. The van der Waals surface area contributed by atoms with Gasteiger partial charge < -0.3 is 0 Å². The van der Waals surface area contributed by atoms with E-state index in [0.717, 1.165) is 32.9 Å². The third kappa shape index (κ3) is 5.45. The molecule has 0 saturated carbocycles. The molecule has 0 saturated heterocycles. The van der Waals surface area contributed by atoms with Gasteiger partial charge >= 0.3 is 340 Å². The molecule has 0 N–H and O–H groups in total. The Morgan fingerprint density at radius 2 is 0.839 bits per heavy atom. The third-order valence-corrected chi connectivity index (χ3v) is 54.6. The molecule has 2 heterocycles. The summed E-state index contributed by atoms with van der Waals surface area (Å²) in [6, 6.07) is 56.8. The Hall–Kier alpha value is -4.70. The molecule has 2 aliphatic carbocycles. The molecule has 2 aliphatic rings. The van der Waals surface area contributed by atoms with Crippen molar-refractivity contribution in [3.8, 4) is 22.3 Å². The first-order valence-electron chi connectivity index (χ1n) is 19.3. The fourth-order valence-corrected chi connectivity index (χ4v) is 61.7. The van der Waals surface area contributed by atoms with Crippen LogP contribution in [0, 0.1) is 0 Å². The van der Waals surface area contributed by atoms with Crippen molar-refractivity contribution >= 4 is 67.3 Å². The van der Waals surface area contributed by atoms with Crippen LogP contribution in [0.15, 0.2) is 181 Å². The van der Waals surface area contributed by atoms with Gasteiger partial charge in [0.05, 0.1) is 0 Å². The van der Waals surface area contributed by atoms with E-state index in [1.165, 1.54) is 54.9 Å². The zero-order valence-corrected chi connectivity index (χ0v) is 36.3. The maximum absolute atomic E-state index is 9.20. The Kier molecular flexibility index (Phi) is 8.76. The number of aromatic nitrogens is 2. The molecule has 6 heteroatoms. The molecule has 271 valence electrons. The molecular weight excluding hydrogens is 819 g/mol. The van der Waals surface area contributed by atoms with Crippen molar-refractivity contribution in [2.75, 3.05) is 0 Å². The molecule has 0 radical (unpaired) electrons. The predicted molar refractivity (Wildman–Crippen MR) is 238 cm³/mol. The van der Waals surface area contributed by atoms with Crippen LogP contribution in [0.2, 0.25) is 0 Å². The van der Waals surface area contributed by atoms with E-state index < -0.39 is 21.5 Å². The number of hydrogen-bond donors (Lipinski definition) is 0. The van der Waals surface area contributed by atoms with Crippen LogP contribution in [-0.4, -0.2) is 15.9 Å². The molecule has 0 fully saturated rings. The van der Waals surface area contributed by atoms with Crippen molar-refractivity contribution in [1.82, 2.24) is 9.97 Å². The molecule has 6 aromatic carbocycles. The summed E-state index contributed by atoms with van der Waals surface area (Å²) in [6.07, 6.45) is 8.56. The molecule has 56 heavy (non-hydrogen) atoms. The zero-order valence-electron chi connectivity index (χ0n) is 31.2. The third-order valence-electron chi connectivity index (χ3n) is 12.3. The number of fused-ring (bicyclic) bond motifs is 4. The van der Waals surface area contributed by atoms with Gasteiger partial charge in [-0.1, -0.05) is 0 Å². The molecule has 0 amide bonds. The number of benzene rings is 6.